The van der Waals surface area contributed by atoms with Crippen molar-refractivity contribution in [2.45, 2.75) is 6.42 Å². The quantitative estimate of drug-likeness (QED) is 0.469. The average molecular weight is 433 g/mol. The number of carbonyl (C=O) groups is 1. The Kier molecular flexibility index (Phi) is 6.52. The molecule has 0 aliphatic heterocycles. The molecule has 1 amide bonds. The lowest BCUT2D eigenvalue weighted by Crippen LogP contribution is -2.33. The molecule has 4 aromatic rings. The van der Waals surface area contributed by atoms with Gasteiger partial charge in [0.15, 0.2) is 5.13 Å². The zero-order valence-electron chi connectivity index (χ0n) is 16.2. The van der Waals surface area contributed by atoms with Crippen LogP contribution < -0.4 is 4.90 Å². The number of anilines is 1. The number of amides is 1. The molecular formula is C21H22ClFN4OS. The third-order valence-electron chi connectivity index (χ3n) is 4.62. The van der Waals surface area contributed by atoms with Gasteiger partial charge < -0.3 is 9.88 Å². The van der Waals surface area contributed by atoms with Crippen LogP contribution in [-0.2, 0) is 0 Å². The first-order valence-corrected chi connectivity index (χ1v) is 9.93. The lowest BCUT2D eigenvalue weighted by Gasteiger charge is -2.20. The monoisotopic (exact) mass is 432 g/mol. The first-order chi connectivity index (χ1) is 13.5. The van der Waals surface area contributed by atoms with Gasteiger partial charge in [0.05, 0.1) is 15.8 Å². The number of halogens is 2. The number of thiazole rings is 1. The minimum atomic E-state index is -0.301. The van der Waals surface area contributed by atoms with Crippen LogP contribution in [0.2, 0.25) is 0 Å². The van der Waals surface area contributed by atoms with Gasteiger partial charge in [0.2, 0.25) is 0 Å². The fraction of sp³-hybridized carbons (Fsp3) is 0.238. The van der Waals surface area contributed by atoms with E-state index in [-0.39, 0.29) is 24.1 Å². The molecule has 2 heterocycles. The Morgan fingerprint density at radius 3 is 2.76 bits per heavy atom. The van der Waals surface area contributed by atoms with Gasteiger partial charge in [-0.25, -0.2) is 9.37 Å². The third kappa shape index (κ3) is 4.42. The molecule has 0 saturated carbocycles. The van der Waals surface area contributed by atoms with Crippen molar-refractivity contribution in [1.82, 2.24) is 14.9 Å². The lowest BCUT2D eigenvalue weighted by atomic mass is 10.1. The van der Waals surface area contributed by atoms with Gasteiger partial charge in [-0.3, -0.25) is 9.69 Å². The highest BCUT2D eigenvalue weighted by atomic mass is 35.5. The van der Waals surface area contributed by atoms with Gasteiger partial charge in [0.25, 0.3) is 5.91 Å². The summed E-state index contributed by atoms with van der Waals surface area (Å²) in [5.74, 6) is -0.402. The van der Waals surface area contributed by atoms with E-state index >= 15 is 0 Å². The second-order valence-electron chi connectivity index (χ2n) is 6.97. The van der Waals surface area contributed by atoms with Crippen LogP contribution in [-0.4, -0.2) is 48.0 Å². The number of rotatable bonds is 6. The Bertz CT molecular complexity index is 1140. The van der Waals surface area contributed by atoms with Crippen LogP contribution in [0.1, 0.15) is 16.8 Å². The highest BCUT2D eigenvalue weighted by molar-refractivity contribution is 7.22. The summed E-state index contributed by atoms with van der Waals surface area (Å²) < 4.78 is 14.3. The average Bonchev–Trinajstić information content (AvgIpc) is 3.28. The summed E-state index contributed by atoms with van der Waals surface area (Å²) in [6.07, 6.45) is 2.56. The van der Waals surface area contributed by atoms with Crippen molar-refractivity contribution in [3.8, 4) is 0 Å². The zero-order valence-corrected chi connectivity index (χ0v) is 17.8. The molecule has 2 aromatic carbocycles. The Labute approximate surface area is 178 Å². The van der Waals surface area contributed by atoms with E-state index < -0.39 is 0 Å². The molecule has 1 N–H and O–H groups in total. The molecule has 0 aliphatic carbocycles. The van der Waals surface area contributed by atoms with Crippen molar-refractivity contribution in [1.29, 1.82) is 0 Å². The largest absolute Gasteiger partial charge is 0.360 e. The van der Waals surface area contributed by atoms with Gasteiger partial charge in [0, 0.05) is 23.6 Å². The summed E-state index contributed by atoms with van der Waals surface area (Å²) in [4.78, 5) is 25.0. The van der Waals surface area contributed by atoms with Gasteiger partial charge in [0.1, 0.15) is 5.82 Å². The topological polar surface area (TPSA) is 52.2 Å². The minimum absolute atomic E-state index is 0. The van der Waals surface area contributed by atoms with Crippen molar-refractivity contribution in [2.24, 2.45) is 0 Å². The fourth-order valence-electron chi connectivity index (χ4n) is 3.22. The first kappa shape index (κ1) is 21.2. The van der Waals surface area contributed by atoms with Crippen LogP contribution in [0.4, 0.5) is 9.52 Å². The number of benzene rings is 2. The first-order valence-electron chi connectivity index (χ1n) is 9.12. The molecule has 0 spiro atoms. The molecule has 4 rings (SSSR count). The number of carbonyl (C=O) groups excluding carboxylic acids is 1. The summed E-state index contributed by atoms with van der Waals surface area (Å²) >= 11 is 1.34. The van der Waals surface area contributed by atoms with E-state index in [4.69, 9.17) is 0 Å². The summed E-state index contributed by atoms with van der Waals surface area (Å²) in [6.45, 7) is 1.40. The van der Waals surface area contributed by atoms with Crippen LogP contribution in [0.5, 0.6) is 0 Å². The number of hydrogen-bond donors (Lipinski definition) is 1. The Hall–Kier alpha value is -2.48. The van der Waals surface area contributed by atoms with Crippen molar-refractivity contribution >= 4 is 55.9 Å². The standard InChI is InChI=1S/C21H21FN4OS.ClH/c1-25(2)10-5-11-26(21-24-18-9-8-14(22)12-19(18)28-21)20(27)16-13-23-17-7-4-3-6-15(16)17;/h3-4,6-9,12-13,23H,5,10-11H2,1-2H3;1H. The number of para-hydroxylation sites is 1. The molecule has 0 bridgehead atoms. The molecule has 0 unspecified atom stereocenters. The van der Waals surface area contributed by atoms with Crippen molar-refractivity contribution < 1.29 is 9.18 Å². The van der Waals surface area contributed by atoms with E-state index in [0.717, 1.165) is 28.6 Å². The number of nitrogens with zero attached hydrogens (tertiary/aromatic N) is 3. The molecule has 2 aromatic heterocycles. The summed E-state index contributed by atoms with van der Waals surface area (Å²) in [7, 11) is 4.01. The Morgan fingerprint density at radius 1 is 1.17 bits per heavy atom. The van der Waals surface area contributed by atoms with Crippen LogP contribution in [0, 0.1) is 5.82 Å². The number of nitrogens with one attached hydrogen (secondary N) is 1. The fourth-order valence-corrected chi connectivity index (χ4v) is 4.24. The summed E-state index contributed by atoms with van der Waals surface area (Å²) in [5.41, 5.74) is 2.24. The zero-order chi connectivity index (χ0) is 19.7. The molecule has 8 heteroatoms. The van der Waals surface area contributed by atoms with Crippen molar-refractivity contribution in [2.75, 3.05) is 32.1 Å². The van der Waals surface area contributed by atoms with E-state index in [9.17, 15) is 9.18 Å². The normalized spacial score (nSPS) is 11.2. The minimum Gasteiger partial charge on any atom is -0.360 e. The van der Waals surface area contributed by atoms with Crippen LogP contribution in [0.15, 0.2) is 48.7 Å². The highest BCUT2D eigenvalue weighted by Crippen LogP contribution is 2.31. The molecule has 0 aliphatic rings. The second kappa shape index (κ2) is 8.90. The maximum Gasteiger partial charge on any atom is 0.262 e. The molecule has 0 atom stereocenters. The predicted octanol–water partition coefficient (Wildman–Crippen LogP) is 4.94. The maximum absolute atomic E-state index is 13.6. The highest BCUT2D eigenvalue weighted by Gasteiger charge is 2.23. The molecule has 152 valence electrons. The van der Waals surface area contributed by atoms with E-state index in [2.05, 4.69) is 14.9 Å². The van der Waals surface area contributed by atoms with Crippen molar-refractivity contribution in [3.05, 3.63) is 60.0 Å². The number of aromatic nitrogens is 2. The number of fused-ring (bicyclic) bond motifs is 2. The molecule has 5 nitrogen and oxygen atoms in total. The van der Waals surface area contributed by atoms with Gasteiger partial charge in [-0.15, -0.1) is 12.4 Å². The van der Waals surface area contributed by atoms with Gasteiger partial charge >= 0.3 is 0 Å². The van der Waals surface area contributed by atoms with Gasteiger partial charge in [-0.1, -0.05) is 29.5 Å². The SMILES string of the molecule is CN(C)CCCN(C(=O)c1c[nH]c2ccccc12)c1nc2ccc(F)cc2s1.Cl. The number of hydrogen-bond acceptors (Lipinski definition) is 4. The van der Waals surface area contributed by atoms with Gasteiger partial charge in [-0.05, 0) is 51.3 Å². The molecular weight excluding hydrogens is 411 g/mol. The van der Waals surface area contributed by atoms with Crippen LogP contribution in [0.25, 0.3) is 21.1 Å². The molecule has 0 saturated heterocycles. The Balaban J connectivity index is 0.00000240. The molecule has 29 heavy (non-hydrogen) atoms. The summed E-state index contributed by atoms with van der Waals surface area (Å²) in [5, 5.41) is 1.48. The molecule has 0 radical (unpaired) electrons. The number of H-pyrrole nitrogens is 1. The van der Waals surface area contributed by atoms with Crippen LogP contribution in [0.3, 0.4) is 0 Å². The van der Waals surface area contributed by atoms with Crippen LogP contribution >= 0.6 is 23.7 Å². The van der Waals surface area contributed by atoms with E-state index in [1.165, 1.54) is 23.5 Å². The maximum atomic E-state index is 13.6. The molecule has 0 fully saturated rings. The Morgan fingerprint density at radius 2 is 1.97 bits per heavy atom. The van der Waals surface area contributed by atoms with E-state index in [1.54, 1.807) is 17.2 Å². The van der Waals surface area contributed by atoms with Crippen molar-refractivity contribution in [3.63, 3.8) is 0 Å². The second-order valence-corrected chi connectivity index (χ2v) is 7.98. The number of aromatic amines is 1. The predicted molar refractivity (Wildman–Crippen MR) is 120 cm³/mol. The van der Waals surface area contributed by atoms with E-state index in [1.807, 2.05) is 38.4 Å². The third-order valence-corrected chi connectivity index (χ3v) is 5.66. The lowest BCUT2D eigenvalue weighted by molar-refractivity contribution is 0.0987. The smallest absolute Gasteiger partial charge is 0.262 e. The van der Waals surface area contributed by atoms with E-state index in [0.29, 0.717) is 22.8 Å². The van der Waals surface area contributed by atoms with Gasteiger partial charge in [-0.2, -0.15) is 0 Å². The summed E-state index contributed by atoms with van der Waals surface area (Å²) in [6, 6.07) is 12.2.